The van der Waals surface area contributed by atoms with Crippen LogP contribution in [0.4, 0.5) is 0 Å². The summed E-state index contributed by atoms with van der Waals surface area (Å²) in [6.07, 6.45) is 1.79. The molecule has 0 amide bonds. The second kappa shape index (κ2) is 2.48. The van der Waals surface area contributed by atoms with Gasteiger partial charge in [0.2, 0.25) is 0 Å². The van der Waals surface area contributed by atoms with Crippen molar-refractivity contribution in [3.05, 3.63) is 0 Å². The summed E-state index contributed by atoms with van der Waals surface area (Å²) in [5.74, 6) is 0.652. The summed E-state index contributed by atoms with van der Waals surface area (Å²) in [6, 6.07) is 0. The first-order valence-electron chi connectivity index (χ1n) is 4.21. The quantitative estimate of drug-likeness (QED) is 0.573. The van der Waals surface area contributed by atoms with Crippen molar-refractivity contribution in [2.24, 2.45) is 17.8 Å². The molecule has 0 aromatic carbocycles. The Balaban J connectivity index is 1.99. The molecule has 1 saturated heterocycles. The third-order valence-corrected chi connectivity index (χ3v) is 3.00. The Morgan fingerprint density at radius 1 is 1.27 bits per heavy atom. The maximum absolute atomic E-state index is 10.6. The van der Waals surface area contributed by atoms with Gasteiger partial charge in [-0.05, 0) is 37.8 Å². The van der Waals surface area contributed by atoms with Crippen LogP contribution in [0.3, 0.4) is 0 Å². The maximum Gasteiger partial charge on any atom is 0.306 e. The van der Waals surface area contributed by atoms with E-state index in [0.29, 0.717) is 11.8 Å². The predicted octanol–water partition coefficient (Wildman–Crippen LogP) is 0.317. The third kappa shape index (κ3) is 1.13. The van der Waals surface area contributed by atoms with Gasteiger partial charge in [0.15, 0.2) is 0 Å². The van der Waals surface area contributed by atoms with E-state index in [-0.39, 0.29) is 5.92 Å². The first kappa shape index (κ1) is 7.10. The largest absolute Gasteiger partial charge is 0.481 e. The fraction of sp³-hybridized carbons (Fsp3) is 0.875. The molecule has 0 aromatic rings. The SMILES string of the molecule is O=C(O)C1C[C@H]2CNC[C@@H]2C1. The van der Waals surface area contributed by atoms with Crippen LogP contribution in [0.15, 0.2) is 0 Å². The van der Waals surface area contributed by atoms with Crippen LogP contribution in [0.2, 0.25) is 0 Å². The maximum atomic E-state index is 10.6. The lowest BCUT2D eigenvalue weighted by Gasteiger charge is -2.03. The molecule has 0 radical (unpaired) electrons. The lowest BCUT2D eigenvalue weighted by molar-refractivity contribution is -0.141. The third-order valence-electron chi connectivity index (χ3n) is 3.00. The molecular weight excluding hydrogens is 142 g/mol. The first-order valence-corrected chi connectivity index (χ1v) is 4.21. The van der Waals surface area contributed by atoms with Crippen LogP contribution in [-0.2, 0) is 4.79 Å². The standard InChI is InChI=1S/C8H13NO2/c10-8(11)5-1-6-3-9-4-7(6)2-5/h5-7,9H,1-4H2,(H,10,11)/t6-,7-/m0/s1. The fourth-order valence-corrected chi connectivity index (χ4v) is 2.37. The van der Waals surface area contributed by atoms with Crippen molar-refractivity contribution >= 4 is 5.97 Å². The number of aliphatic carboxylic acids is 1. The van der Waals surface area contributed by atoms with Gasteiger partial charge in [0.1, 0.15) is 0 Å². The van der Waals surface area contributed by atoms with Gasteiger partial charge in [-0.15, -0.1) is 0 Å². The number of fused-ring (bicyclic) bond motifs is 1. The van der Waals surface area contributed by atoms with Crippen LogP contribution in [0.5, 0.6) is 0 Å². The van der Waals surface area contributed by atoms with E-state index in [1.807, 2.05) is 0 Å². The van der Waals surface area contributed by atoms with E-state index in [0.717, 1.165) is 25.9 Å². The normalized spacial score (nSPS) is 37.5. The fourth-order valence-electron chi connectivity index (χ4n) is 2.37. The summed E-state index contributed by atoms with van der Waals surface area (Å²) in [4.78, 5) is 10.6. The second-order valence-electron chi connectivity index (χ2n) is 3.68. The summed E-state index contributed by atoms with van der Waals surface area (Å²) in [7, 11) is 0. The number of hydrogen-bond acceptors (Lipinski definition) is 2. The highest BCUT2D eigenvalue weighted by atomic mass is 16.4. The van der Waals surface area contributed by atoms with E-state index in [4.69, 9.17) is 5.11 Å². The minimum Gasteiger partial charge on any atom is -0.481 e. The number of carboxylic acid groups (broad SMARTS) is 1. The molecule has 0 bridgehead atoms. The van der Waals surface area contributed by atoms with Crippen molar-refractivity contribution in [3.63, 3.8) is 0 Å². The second-order valence-corrected chi connectivity index (χ2v) is 3.68. The first-order chi connectivity index (χ1) is 5.27. The van der Waals surface area contributed by atoms with Crippen LogP contribution in [0.25, 0.3) is 0 Å². The summed E-state index contributed by atoms with van der Waals surface area (Å²) >= 11 is 0. The van der Waals surface area contributed by atoms with Gasteiger partial charge in [-0.3, -0.25) is 4.79 Å². The minimum absolute atomic E-state index is 0.0490. The van der Waals surface area contributed by atoms with Crippen LogP contribution >= 0.6 is 0 Å². The van der Waals surface area contributed by atoms with Crippen molar-refractivity contribution in [2.75, 3.05) is 13.1 Å². The molecule has 1 aliphatic heterocycles. The zero-order valence-electron chi connectivity index (χ0n) is 6.42. The van der Waals surface area contributed by atoms with Gasteiger partial charge in [0.05, 0.1) is 5.92 Å². The Hall–Kier alpha value is -0.570. The monoisotopic (exact) mass is 155 g/mol. The lowest BCUT2D eigenvalue weighted by atomic mass is 10.0. The van der Waals surface area contributed by atoms with Gasteiger partial charge in [0.25, 0.3) is 0 Å². The molecule has 0 spiro atoms. The smallest absolute Gasteiger partial charge is 0.306 e. The summed E-state index contributed by atoms with van der Waals surface area (Å²) in [5, 5.41) is 12.0. The Morgan fingerprint density at radius 2 is 1.82 bits per heavy atom. The van der Waals surface area contributed by atoms with Gasteiger partial charge < -0.3 is 10.4 Å². The number of nitrogens with one attached hydrogen (secondary N) is 1. The molecular formula is C8H13NO2. The Labute approximate surface area is 65.8 Å². The van der Waals surface area contributed by atoms with E-state index < -0.39 is 5.97 Å². The van der Waals surface area contributed by atoms with Gasteiger partial charge in [0, 0.05) is 0 Å². The van der Waals surface area contributed by atoms with Crippen LogP contribution in [0.1, 0.15) is 12.8 Å². The average molecular weight is 155 g/mol. The highest BCUT2D eigenvalue weighted by Gasteiger charge is 2.40. The molecule has 3 nitrogen and oxygen atoms in total. The summed E-state index contributed by atoms with van der Waals surface area (Å²) in [6.45, 7) is 2.07. The van der Waals surface area contributed by atoms with Crippen molar-refractivity contribution in [1.82, 2.24) is 5.32 Å². The topological polar surface area (TPSA) is 49.3 Å². The molecule has 2 N–H and O–H groups in total. The van der Waals surface area contributed by atoms with E-state index in [1.165, 1.54) is 0 Å². The van der Waals surface area contributed by atoms with Crippen LogP contribution in [0, 0.1) is 17.8 Å². The van der Waals surface area contributed by atoms with Crippen molar-refractivity contribution < 1.29 is 9.90 Å². The molecule has 3 heteroatoms. The van der Waals surface area contributed by atoms with E-state index in [2.05, 4.69) is 5.32 Å². The van der Waals surface area contributed by atoms with E-state index in [9.17, 15) is 4.79 Å². The predicted molar refractivity (Wildman–Crippen MR) is 40.2 cm³/mol. The molecule has 2 rings (SSSR count). The van der Waals surface area contributed by atoms with Crippen molar-refractivity contribution in [3.8, 4) is 0 Å². The minimum atomic E-state index is -0.598. The average Bonchev–Trinajstić information content (AvgIpc) is 2.40. The number of carbonyl (C=O) groups is 1. The summed E-state index contributed by atoms with van der Waals surface area (Å²) in [5.41, 5.74) is 0. The number of rotatable bonds is 1. The highest BCUT2D eigenvalue weighted by Crippen LogP contribution is 2.38. The van der Waals surface area contributed by atoms with Gasteiger partial charge in [-0.1, -0.05) is 0 Å². The van der Waals surface area contributed by atoms with Gasteiger partial charge in [-0.2, -0.15) is 0 Å². The van der Waals surface area contributed by atoms with Gasteiger partial charge in [-0.25, -0.2) is 0 Å². The molecule has 2 atom stereocenters. The van der Waals surface area contributed by atoms with Crippen molar-refractivity contribution in [1.29, 1.82) is 0 Å². The molecule has 2 aliphatic rings. The van der Waals surface area contributed by atoms with Crippen LogP contribution < -0.4 is 5.32 Å². The molecule has 62 valence electrons. The molecule has 0 aromatic heterocycles. The lowest BCUT2D eigenvalue weighted by Crippen LogP contribution is -2.16. The highest BCUT2D eigenvalue weighted by molar-refractivity contribution is 5.70. The zero-order chi connectivity index (χ0) is 7.84. The number of hydrogen-bond donors (Lipinski definition) is 2. The zero-order valence-corrected chi connectivity index (χ0v) is 6.42. The molecule has 1 heterocycles. The molecule has 1 aliphatic carbocycles. The molecule has 2 fully saturated rings. The molecule has 0 unspecified atom stereocenters. The Bertz CT molecular complexity index is 169. The van der Waals surface area contributed by atoms with Crippen LogP contribution in [-0.4, -0.2) is 24.2 Å². The van der Waals surface area contributed by atoms with Crippen molar-refractivity contribution in [2.45, 2.75) is 12.8 Å². The molecule has 1 saturated carbocycles. The molecule has 11 heavy (non-hydrogen) atoms. The van der Waals surface area contributed by atoms with E-state index >= 15 is 0 Å². The Morgan fingerprint density at radius 3 is 2.27 bits per heavy atom. The number of carboxylic acids is 1. The van der Waals surface area contributed by atoms with E-state index in [1.54, 1.807) is 0 Å². The van der Waals surface area contributed by atoms with Gasteiger partial charge >= 0.3 is 5.97 Å². The summed E-state index contributed by atoms with van der Waals surface area (Å²) < 4.78 is 0. The Kier molecular flexibility index (Phi) is 1.60.